The number of nitrogens with one attached hydrogen (secondary N) is 1. The van der Waals surface area contributed by atoms with Gasteiger partial charge in [-0.2, -0.15) is 0 Å². The van der Waals surface area contributed by atoms with Crippen LogP contribution in [0.15, 0.2) is 48.5 Å². The Kier molecular flexibility index (Phi) is 8.52. The molecule has 0 spiro atoms. The number of benzene rings is 2. The monoisotopic (exact) mass is 398 g/mol. The van der Waals surface area contributed by atoms with E-state index in [1.165, 1.54) is 0 Å². The number of nitrogens with zero attached hydrogens (tertiary/aromatic N) is 1. The number of rotatable bonds is 10. The fourth-order valence-electron chi connectivity index (χ4n) is 2.95. The maximum atomic E-state index is 13.0. The number of hydrogen-bond acceptors (Lipinski definition) is 4. The van der Waals surface area contributed by atoms with E-state index in [4.69, 9.17) is 9.47 Å². The van der Waals surface area contributed by atoms with Crippen molar-refractivity contribution in [2.45, 2.75) is 39.8 Å². The van der Waals surface area contributed by atoms with Gasteiger partial charge in [0.1, 0.15) is 6.04 Å². The third-order valence-corrected chi connectivity index (χ3v) is 4.57. The fourth-order valence-corrected chi connectivity index (χ4v) is 2.95. The van der Waals surface area contributed by atoms with Gasteiger partial charge in [0, 0.05) is 13.1 Å². The summed E-state index contributed by atoms with van der Waals surface area (Å²) in [6.45, 7) is 6.45. The number of carbonyl (C=O) groups excluding carboxylic acids is 2. The number of aryl methyl sites for hydroxylation is 1. The maximum absolute atomic E-state index is 13.0. The van der Waals surface area contributed by atoms with Gasteiger partial charge in [0.25, 0.3) is 5.91 Å². The molecule has 2 amide bonds. The van der Waals surface area contributed by atoms with E-state index >= 15 is 0 Å². The lowest BCUT2D eigenvalue weighted by Gasteiger charge is -2.29. The highest BCUT2D eigenvalue weighted by atomic mass is 16.5. The van der Waals surface area contributed by atoms with Crippen LogP contribution in [-0.2, 0) is 16.1 Å². The Hall–Kier alpha value is -3.02. The molecular formula is C23H30N2O4. The largest absolute Gasteiger partial charge is 0.493 e. The summed E-state index contributed by atoms with van der Waals surface area (Å²) in [7, 11) is 1.55. The Labute approximate surface area is 172 Å². The Morgan fingerprint density at radius 2 is 1.83 bits per heavy atom. The highest BCUT2D eigenvalue weighted by molar-refractivity contribution is 5.88. The van der Waals surface area contributed by atoms with E-state index in [0.29, 0.717) is 24.6 Å². The number of carbonyl (C=O) groups is 2. The highest BCUT2D eigenvalue weighted by Gasteiger charge is 2.26. The van der Waals surface area contributed by atoms with Gasteiger partial charge in [-0.05, 0) is 38.0 Å². The second-order valence-electron chi connectivity index (χ2n) is 6.92. The minimum absolute atomic E-state index is 0.176. The lowest BCUT2D eigenvalue weighted by Crippen LogP contribution is -2.49. The van der Waals surface area contributed by atoms with Crippen molar-refractivity contribution in [3.05, 3.63) is 59.7 Å². The molecule has 0 bridgehead atoms. The van der Waals surface area contributed by atoms with Gasteiger partial charge in [0.2, 0.25) is 5.91 Å². The minimum Gasteiger partial charge on any atom is -0.493 e. The first-order valence-electron chi connectivity index (χ1n) is 9.84. The predicted octanol–water partition coefficient (Wildman–Crippen LogP) is 3.33. The van der Waals surface area contributed by atoms with Crippen LogP contribution in [0.2, 0.25) is 0 Å². The summed E-state index contributed by atoms with van der Waals surface area (Å²) in [6.07, 6.45) is 0.835. The van der Waals surface area contributed by atoms with Crippen LogP contribution in [0.25, 0.3) is 0 Å². The molecule has 2 aromatic rings. The SMILES string of the molecule is CCCNC(=O)[C@@H](C)N(Cc1cccc(C)c1)C(=O)COc1ccccc1OC. The second kappa shape index (κ2) is 11.1. The van der Waals surface area contributed by atoms with Gasteiger partial charge in [-0.3, -0.25) is 9.59 Å². The van der Waals surface area contributed by atoms with Crippen molar-refractivity contribution in [1.29, 1.82) is 0 Å². The molecule has 0 aliphatic carbocycles. The summed E-state index contributed by atoms with van der Waals surface area (Å²) in [4.78, 5) is 27.1. The summed E-state index contributed by atoms with van der Waals surface area (Å²) < 4.78 is 11.0. The Morgan fingerprint density at radius 1 is 1.10 bits per heavy atom. The fraction of sp³-hybridized carbons (Fsp3) is 0.391. The van der Waals surface area contributed by atoms with Crippen molar-refractivity contribution in [3.8, 4) is 11.5 Å². The first-order valence-corrected chi connectivity index (χ1v) is 9.84. The summed E-state index contributed by atoms with van der Waals surface area (Å²) in [6, 6.07) is 14.4. The van der Waals surface area contributed by atoms with Crippen LogP contribution in [0.1, 0.15) is 31.4 Å². The van der Waals surface area contributed by atoms with Gasteiger partial charge in [-0.1, -0.05) is 48.9 Å². The van der Waals surface area contributed by atoms with E-state index in [9.17, 15) is 9.59 Å². The van der Waals surface area contributed by atoms with Crippen molar-refractivity contribution in [2.24, 2.45) is 0 Å². The molecule has 156 valence electrons. The van der Waals surface area contributed by atoms with Crippen molar-refractivity contribution >= 4 is 11.8 Å². The summed E-state index contributed by atoms with van der Waals surface area (Å²) in [5.74, 6) is 0.600. The van der Waals surface area contributed by atoms with Gasteiger partial charge in [-0.15, -0.1) is 0 Å². The van der Waals surface area contributed by atoms with Crippen LogP contribution in [0.5, 0.6) is 11.5 Å². The van der Waals surface area contributed by atoms with Crippen LogP contribution < -0.4 is 14.8 Å². The Balaban J connectivity index is 2.16. The normalized spacial score (nSPS) is 11.4. The van der Waals surface area contributed by atoms with Crippen LogP contribution >= 0.6 is 0 Å². The zero-order valence-electron chi connectivity index (χ0n) is 17.6. The molecule has 1 atom stereocenters. The molecule has 0 saturated carbocycles. The number of hydrogen-bond donors (Lipinski definition) is 1. The topological polar surface area (TPSA) is 67.9 Å². The van der Waals surface area contributed by atoms with Crippen LogP contribution in [-0.4, -0.2) is 43.0 Å². The maximum Gasteiger partial charge on any atom is 0.261 e. The molecule has 0 aromatic heterocycles. The first kappa shape index (κ1) is 22.3. The first-order chi connectivity index (χ1) is 14.0. The molecular weight excluding hydrogens is 368 g/mol. The lowest BCUT2D eigenvalue weighted by atomic mass is 10.1. The number of para-hydroxylation sites is 2. The van der Waals surface area contributed by atoms with Gasteiger partial charge < -0.3 is 19.7 Å². The molecule has 29 heavy (non-hydrogen) atoms. The van der Waals surface area contributed by atoms with E-state index in [-0.39, 0.29) is 18.4 Å². The number of amides is 2. The predicted molar refractivity (Wildman–Crippen MR) is 113 cm³/mol. The second-order valence-corrected chi connectivity index (χ2v) is 6.92. The summed E-state index contributed by atoms with van der Waals surface area (Å²) in [5, 5.41) is 2.86. The summed E-state index contributed by atoms with van der Waals surface area (Å²) in [5.41, 5.74) is 2.06. The van der Waals surface area contributed by atoms with Gasteiger partial charge in [-0.25, -0.2) is 0 Å². The van der Waals surface area contributed by atoms with E-state index in [0.717, 1.165) is 17.5 Å². The van der Waals surface area contributed by atoms with Crippen molar-refractivity contribution in [2.75, 3.05) is 20.3 Å². The van der Waals surface area contributed by atoms with E-state index in [1.807, 2.05) is 50.2 Å². The molecule has 2 aromatic carbocycles. The molecule has 0 saturated heterocycles. The molecule has 6 nitrogen and oxygen atoms in total. The van der Waals surface area contributed by atoms with Gasteiger partial charge in [0.05, 0.1) is 7.11 Å². The quantitative estimate of drug-likeness (QED) is 0.667. The van der Waals surface area contributed by atoms with Gasteiger partial charge in [0.15, 0.2) is 18.1 Å². The molecule has 6 heteroatoms. The van der Waals surface area contributed by atoms with Crippen LogP contribution in [0.4, 0.5) is 0 Å². The molecule has 0 unspecified atom stereocenters. The van der Waals surface area contributed by atoms with E-state index in [1.54, 1.807) is 31.1 Å². The zero-order chi connectivity index (χ0) is 21.2. The third-order valence-electron chi connectivity index (χ3n) is 4.57. The molecule has 0 aliphatic heterocycles. The van der Waals surface area contributed by atoms with E-state index < -0.39 is 6.04 Å². The smallest absolute Gasteiger partial charge is 0.261 e. The van der Waals surface area contributed by atoms with Crippen LogP contribution in [0, 0.1) is 6.92 Å². The number of methoxy groups -OCH3 is 1. The minimum atomic E-state index is -0.615. The standard InChI is InChI=1S/C23H30N2O4/c1-5-13-24-23(27)18(3)25(15-19-10-8-9-17(2)14-19)22(26)16-29-21-12-7-6-11-20(21)28-4/h6-12,14,18H,5,13,15-16H2,1-4H3,(H,24,27)/t18-/m1/s1. The molecule has 1 N–H and O–H groups in total. The zero-order valence-corrected chi connectivity index (χ0v) is 17.6. The van der Waals surface area contributed by atoms with Gasteiger partial charge >= 0.3 is 0 Å². The Bertz CT molecular complexity index is 822. The van der Waals surface area contributed by atoms with Crippen molar-refractivity contribution in [1.82, 2.24) is 10.2 Å². The highest BCUT2D eigenvalue weighted by Crippen LogP contribution is 2.25. The number of ether oxygens (including phenoxy) is 2. The van der Waals surface area contributed by atoms with Crippen molar-refractivity contribution in [3.63, 3.8) is 0 Å². The lowest BCUT2D eigenvalue weighted by molar-refractivity contribution is -0.142. The Morgan fingerprint density at radius 3 is 2.48 bits per heavy atom. The molecule has 0 radical (unpaired) electrons. The van der Waals surface area contributed by atoms with Crippen molar-refractivity contribution < 1.29 is 19.1 Å². The van der Waals surface area contributed by atoms with Crippen LogP contribution in [0.3, 0.4) is 0 Å². The molecule has 0 heterocycles. The molecule has 0 aliphatic rings. The third kappa shape index (κ3) is 6.52. The van der Waals surface area contributed by atoms with E-state index in [2.05, 4.69) is 5.32 Å². The summed E-state index contributed by atoms with van der Waals surface area (Å²) >= 11 is 0. The average Bonchev–Trinajstić information content (AvgIpc) is 2.73. The average molecular weight is 399 g/mol. The molecule has 0 fully saturated rings. The molecule has 2 rings (SSSR count).